The van der Waals surface area contributed by atoms with Crippen LogP contribution in [0.3, 0.4) is 0 Å². The number of halogens is 2. The van der Waals surface area contributed by atoms with Crippen LogP contribution in [0.1, 0.15) is 24.8 Å². The molecule has 1 aliphatic rings. The molecule has 15 heavy (non-hydrogen) atoms. The first kappa shape index (κ1) is 10.9. The number of aryl methyl sites for hydroxylation is 1. The van der Waals surface area contributed by atoms with Crippen LogP contribution >= 0.6 is 15.9 Å². The third kappa shape index (κ3) is 2.49. The van der Waals surface area contributed by atoms with Gasteiger partial charge in [0, 0.05) is 5.54 Å². The van der Waals surface area contributed by atoms with Gasteiger partial charge in [0.05, 0.1) is 4.47 Å². The molecule has 0 unspecified atom stereocenters. The minimum atomic E-state index is -0.424. The topological polar surface area (TPSA) is 46.2 Å². The van der Waals surface area contributed by atoms with Gasteiger partial charge in [-0.1, -0.05) is 0 Å². The molecular formula is C11H13BrFNO. The number of aromatic hydroxyl groups is 1. The van der Waals surface area contributed by atoms with E-state index in [4.69, 9.17) is 5.73 Å². The second-order valence-corrected chi connectivity index (χ2v) is 5.07. The average Bonchev–Trinajstić information content (AvgIpc) is 2.90. The number of hydrogen-bond acceptors (Lipinski definition) is 2. The molecule has 1 fully saturated rings. The molecule has 2 rings (SSSR count). The van der Waals surface area contributed by atoms with Crippen molar-refractivity contribution < 1.29 is 9.50 Å². The van der Waals surface area contributed by atoms with Gasteiger partial charge in [0.15, 0.2) is 0 Å². The zero-order valence-electron chi connectivity index (χ0n) is 8.26. The van der Waals surface area contributed by atoms with Gasteiger partial charge in [-0.25, -0.2) is 4.39 Å². The third-order valence-corrected chi connectivity index (χ3v) is 3.66. The number of rotatable bonds is 3. The lowest BCUT2D eigenvalue weighted by atomic mass is 10.0. The van der Waals surface area contributed by atoms with Gasteiger partial charge in [0.1, 0.15) is 11.6 Å². The van der Waals surface area contributed by atoms with Crippen LogP contribution in [-0.2, 0) is 6.42 Å². The summed E-state index contributed by atoms with van der Waals surface area (Å²) in [4.78, 5) is 0. The minimum absolute atomic E-state index is 0.0286. The van der Waals surface area contributed by atoms with Crippen LogP contribution in [0.4, 0.5) is 4.39 Å². The summed E-state index contributed by atoms with van der Waals surface area (Å²) in [6, 6.07) is 3.02. The van der Waals surface area contributed by atoms with Crippen LogP contribution in [-0.4, -0.2) is 10.6 Å². The van der Waals surface area contributed by atoms with Gasteiger partial charge in [0.25, 0.3) is 0 Å². The maximum absolute atomic E-state index is 13.2. The van der Waals surface area contributed by atoms with Crippen molar-refractivity contribution in [2.45, 2.75) is 31.2 Å². The first-order chi connectivity index (χ1) is 7.00. The SMILES string of the molecule is NC1(CCc2cc(O)c(Br)c(F)c2)CC1. The Kier molecular flexibility index (Phi) is 2.73. The molecule has 0 saturated heterocycles. The fourth-order valence-electron chi connectivity index (χ4n) is 1.58. The molecule has 0 amide bonds. The highest BCUT2D eigenvalue weighted by Crippen LogP contribution is 2.37. The van der Waals surface area contributed by atoms with Crippen LogP contribution < -0.4 is 5.73 Å². The van der Waals surface area contributed by atoms with Gasteiger partial charge < -0.3 is 10.8 Å². The van der Waals surface area contributed by atoms with E-state index in [1.165, 1.54) is 6.07 Å². The summed E-state index contributed by atoms with van der Waals surface area (Å²) in [6.45, 7) is 0. The predicted octanol–water partition coefficient (Wildman–Crippen LogP) is 2.72. The Balaban J connectivity index is 2.08. The minimum Gasteiger partial charge on any atom is -0.507 e. The largest absolute Gasteiger partial charge is 0.507 e. The normalized spacial score (nSPS) is 17.8. The van der Waals surface area contributed by atoms with Gasteiger partial charge in [-0.2, -0.15) is 0 Å². The van der Waals surface area contributed by atoms with E-state index in [0.717, 1.165) is 24.8 Å². The van der Waals surface area contributed by atoms with Crippen molar-refractivity contribution in [1.29, 1.82) is 0 Å². The Morgan fingerprint density at radius 1 is 1.47 bits per heavy atom. The summed E-state index contributed by atoms with van der Waals surface area (Å²) < 4.78 is 13.4. The molecule has 1 aromatic rings. The van der Waals surface area contributed by atoms with E-state index in [1.807, 2.05) is 0 Å². The number of phenols is 1. The molecule has 0 radical (unpaired) electrons. The van der Waals surface area contributed by atoms with Crippen molar-refractivity contribution in [3.05, 3.63) is 28.0 Å². The maximum Gasteiger partial charge on any atom is 0.141 e. The molecule has 0 spiro atoms. The third-order valence-electron chi connectivity index (χ3n) is 2.87. The fourth-order valence-corrected chi connectivity index (χ4v) is 1.81. The highest BCUT2D eigenvalue weighted by molar-refractivity contribution is 9.10. The van der Waals surface area contributed by atoms with Crippen LogP contribution in [0.25, 0.3) is 0 Å². The number of hydrogen-bond donors (Lipinski definition) is 2. The van der Waals surface area contributed by atoms with Gasteiger partial charge in [-0.05, 0) is 59.3 Å². The molecule has 0 bridgehead atoms. The first-order valence-electron chi connectivity index (χ1n) is 4.96. The fraction of sp³-hybridized carbons (Fsp3) is 0.455. The first-order valence-corrected chi connectivity index (χ1v) is 5.75. The van der Waals surface area contributed by atoms with E-state index >= 15 is 0 Å². The molecule has 3 N–H and O–H groups in total. The van der Waals surface area contributed by atoms with Crippen LogP contribution in [0.2, 0.25) is 0 Å². The van der Waals surface area contributed by atoms with Crippen LogP contribution in [0.15, 0.2) is 16.6 Å². The van der Waals surface area contributed by atoms with Crippen molar-refractivity contribution in [2.24, 2.45) is 5.73 Å². The lowest BCUT2D eigenvalue weighted by Gasteiger charge is -2.09. The predicted molar refractivity (Wildman–Crippen MR) is 60.2 cm³/mol. The van der Waals surface area contributed by atoms with Gasteiger partial charge >= 0.3 is 0 Å². The second-order valence-electron chi connectivity index (χ2n) is 4.27. The summed E-state index contributed by atoms with van der Waals surface area (Å²) in [6.07, 6.45) is 3.68. The molecule has 1 saturated carbocycles. The quantitative estimate of drug-likeness (QED) is 0.890. The van der Waals surface area contributed by atoms with Gasteiger partial charge in [-0.3, -0.25) is 0 Å². The van der Waals surface area contributed by atoms with E-state index < -0.39 is 5.82 Å². The Labute approximate surface area is 96.4 Å². The second kappa shape index (κ2) is 3.76. The highest BCUT2D eigenvalue weighted by atomic mass is 79.9. The molecular weight excluding hydrogens is 261 g/mol. The summed E-state index contributed by atoms with van der Waals surface area (Å²) in [5.74, 6) is -0.473. The molecule has 2 nitrogen and oxygen atoms in total. The Morgan fingerprint density at radius 3 is 2.67 bits per heavy atom. The standard InChI is InChI=1S/C11H13BrFNO/c12-10-8(13)5-7(6-9(10)15)1-2-11(14)3-4-11/h5-6,15H,1-4,14H2. The van der Waals surface area contributed by atoms with E-state index in [2.05, 4.69) is 15.9 Å². The Bertz CT molecular complexity index is 367. The van der Waals surface area contributed by atoms with Crippen LogP contribution in [0, 0.1) is 5.82 Å². The maximum atomic E-state index is 13.2. The van der Waals surface area contributed by atoms with E-state index in [0.29, 0.717) is 6.42 Å². The molecule has 1 aliphatic carbocycles. The molecule has 4 heteroatoms. The summed E-state index contributed by atoms with van der Waals surface area (Å²) in [5, 5.41) is 9.41. The van der Waals surface area contributed by atoms with E-state index in [-0.39, 0.29) is 15.8 Å². The molecule has 0 heterocycles. The summed E-state index contributed by atoms with van der Waals surface area (Å²) in [7, 11) is 0. The van der Waals surface area contributed by atoms with Crippen molar-refractivity contribution in [2.75, 3.05) is 0 Å². The number of nitrogens with two attached hydrogens (primary N) is 1. The van der Waals surface area contributed by atoms with Crippen molar-refractivity contribution in [3.63, 3.8) is 0 Å². The van der Waals surface area contributed by atoms with Gasteiger partial charge in [0.2, 0.25) is 0 Å². The molecule has 1 aromatic carbocycles. The summed E-state index contributed by atoms with van der Waals surface area (Å²) >= 11 is 2.97. The average molecular weight is 274 g/mol. The van der Waals surface area contributed by atoms with Gasteiger partial charge in [-0.15, -0.1) is 0 Å². The molecule has 0 atom stereocenters. The monoisotopic (exact) mass is 273 g/mol. The number of benzene rings is 1. The molecule has 82 valence electrons. The zero-order valence-corrected chi connectivity index (χ0v) is 9.85. The lowest BCUT2D eigenvalue weighted by Crippen LogP contribution is -2.22. The smallest absolute Gasteiger partial charge is 0.141 e. The van der Waals surface area contributed by atoms with E-state index in [1.54, 1.807) is 6.07 Å². The number of phenolic OH excluding ortho intramolecular Hbond substituents is 1. The molecule has 0 aliphatic heterocycles. The lowest BCUT2D eigenvalue weighted by molar-refractivity contribution is 0.462. The molecule has 0 aromatic heterocycles. The van der Waals surface area contributed by atoms with Crippen molar-refractivity contribution in [1.82, 2.24) is 0 Å². The van der Waals surface area contributed by atoms with Crippen LogP contribution in [0.5, 0.6) is 5.75 Å². The Hall–Kier alpha value is -0.610. The zero-order chi connectivity index (χ0) is 11.1. The Morgan fingerprint density at radius 2 is 2.13 bits per heavy atom. The van der Waals surface area contributed by atoms with E-state index in [9.17, 15) is 9.50 Å². The van der Waals surface area contributed by atoms with Crippen molar-refractivity contribution in [3.8, 4) is 5.75 Å². The summed E-state index contributed by atoms with van der Waals surface area (Å²) in [5.41, 5.74) is 6.70. The highest BCUT2D eigenvalue weighted by Gasteiger charge is 2.37. The van der Waals surface area contributed by atoms with Crippen molar-refractivity contribution >= 4 is 15.9 Å².